The van der Waals surface area contributed by atoms with E-state index in [1.165, 1.54) is 0 Å². The molecule has 1 fully saturated rings. The van der Waals surface area contributed by atoms with E-state index in [1.54, 1.807) is 12.1 Å². The molecule has 1 saturated heterocycles. The fraction of sp³-hybridized carbons (Fsp3) is 0.429. The number of aliphatic carboxylic acids is 1. The highest BCUT2D eigenvalue weighted by atomic mass is 16.5. The van der Waals surface area contributed by atoms with Crippen LogP contribution < -0.4 is 5.32 Å². The molecule has 1 heterocycles. The number of nitrogens with one attached hydrogen (secondary N) is 1. The van der Waals surface area contributed by atoms with E-state index in [-0.39, 0.29) is 6.61 Å². The van der Waals surface area contributed by atoms with Gasteiger partial charge in [-0.05, 0) is 18.4 Å². The third-order valence-corrected chi connectivity index (χ3v) is 3.29. The number of carbonyl (C=O) groups is 2. The highest BCUT2D eigenvalue weighted by Crippen LogP contribution is 2.21. The molecule has 1 aliphatic rings. The number of carboxylic acids is 1. The monoisotopic (exact) mass is 279 g/mol. The first-order chi connectivity index (χ1) is 9.61. The van der Waals surface area contributed by atoms with Crippen molar-refractivity contribution in [1.82, 2.24) is 5.32 Å². The van der Waals surface area contributed by atoms with Crippen LogP contribution in [0.1, 0.15) is 24.4 Å². The third kappa shape index (κ3) is 3.34. The summed E-state index contributed by atoms with van der Waals surface area (Å²) in [7, 11) is 0. The first kappa shape index (κ1) is 14.5. The molecule has 0 bridgehead atoms. The Bertz CT molecular complexity index is 476. The number of rotatable bonds is 5. The standard InChI is InChI=1S/C14H17NO5/c16-8-10(9-4-2-1-3-5-9)15-13(17)11-6-7-12(20-11)14(18)19/h1-5,10-12,16H,6-8H2,(H,15,17)(H,18,19)/t10-,11?,12?/m0/s1. The van der Waals surface area contributed by atoms with Crippen molar-refractivity contribution in [2.24, 2.45) is 0 Å². The fourth-order valence-electron chi connectivity index (χ4n) is 2.20. The Labute approximate surface area is 116 Å². The number of hydrogen-bond acceptors (Lipinski definition) is 4. The Morgan fingerprint density at radius 3 is 2.45 bits per heavy atom. The van der Waals surface area contributed by atoms with E-state index < -0.39 is 30.1 Å². The van der Waals surface area contributed by atoms with E-state index in [2.05, 4.69) is 5.32 Å². The lowest BCUT2D eigenvalue weighted by atomic mass is 10.1. The molecule has 6 nitrogen and oxygen atoms in total. The molecule has 1 aromatic rings. The summed E-state index contributed by atoms with van der Waals surface area (Å²) in [4.78, 5) is 22.8. The lowest BCUT2D eigenvalue weighted by Crippen LogP contribution is -2.39. The second-order valence-electron chi connectivity index (χ2n) is 4.68. The van der Waals surface area contributed by atoms with Gasteiger partial charge >= 0.3 is 5.97 Å². The van der Waals surface area contributed by atoms with Crippen molar-refractivity contribution in [3.63, 3.8) is 0 Å². The number of aliphatic hydroxyl groups excluding tert-OH is 1. The van der Waals surface area contributed by atoms with Crippen LogP contribution >= 0.6 is 0 Å². The van der Waals surface area contributed by atoms with Crippen LogP contribution in [0.25, 0.3) is 0 Å². The van der Waals surface area contributed by atoms with Gasteiger partial charge in [-0.1, -0.05) is 30.3 Å². The number of hydrogen-bond donors (Lipinski definition) is 3. The molecule has 1 aromatic carbocycles. The van der Waals surface area contributed by atoms with Crippen molar-refractivity contribution >= 4 is 11.9 Å². The van der Waals surface area contributed by atoms with Gasteiger partial charge in [-0.3, -0.25) is 4.79 Å². The van der Waals surface area contributed by atoms with Crippen LogP contribution in [0.5, 0.6) is 0 Å². The molecule has 0 radical (unpaired) electrons. The molecule has 2 rings (SSSR count). The zero-order valence-electron chi connectivity index (χ0n) is 10.9. The number of ether oxygens (including phenoxy) is 1. The van der Waals surface area contributed by atoms with Gasteiger partial charge in [0.15, 0.2) is 6.10 Å². The predicted molar refractivity (Wildman–Crippen MR) is 69.9 cm³/mol. The minimum atomic E-state index is -1.05. The second kappa shape index (κ2) is 6.49. The molecule has 1 amide bonds. The lowest BCUT2D eigenvalue weighted by molar-refractivity contribution is -0.152. The maximum atomic E-state index is 12.0. The second-order valence-corrected chi connectivity index (χ2v) is 4.68. The van der Waals surface area contributed by atoms with E-state index in [1.807, 2.05) is 18.2 Å². The predicted octanol–water partition coefficient (Wildman–Crippen LogP) is 0.468. The quantitative estimate of drug-likeness (QED) is 0.728. The number of carboxylic acid groups (broad SMARTS) is 1. The van der Waals surface area contributed by atoms with Gasteiger partial charge in [-0.25, -0.2) is 4.79 Å². The normalized spacial score (nSPS) is 23.2. The van der Waals surface area contributed by atoms with Crippen molar-refractivity contribution in [1.29, 1.82) is 0 Å². The molecule has 0 aliphatic carbocycles. The summed E-state index contributed by atoms with van der Waals surface area (Å²) in [6, 6.07) is 8.56. The molecule has 20 heavy (non-hydrogen) atoms. The van der Waals surface area contributed by atoms with E-state index in [0.717, 1.165) is 5.56 Å². The van der Waals surface area contributed by atoms with Gasteiger partial charge in [0, 0.05) is 0 Å². The molecule has 3 N–H and O–H groups in total. The largest absolute Gasteiger partial charge is 0.479 e. The van der Waals surface area contributed by atoms with Gasteiger partial charge in [0.25, 0.3) is 0 Å². The van der Waals surface area contributed by atoms with E-state index in [4.69, 9.17) is 9.84 Å². The highest BCUT2D eigenvalue weighted by molar-refractivity contribution is 5.83. The Balaban J connectivity index is 1.95. The van der Waals surface area contributed by atoms with E-state index in [9.17, 15) is 14.7 Å². The minimum absolute atomic E-state index is 0.231. The Morgan fingerprint density at radius 1 is 1.25 bits per heavy atom. The lowest BCUT2D eigenvalue weighted by Gasteiger charge is -2.19. The molecule has 0 saturated carbocycles. The van der Waals surface area contributed by atoms with Crippen LogP contribution in [0.15, 0.2) is 30.3 Å². The smallest absolute Gasteiger partial charge is 0.332 e. The van der Waals surface area contributed by atoms with Gasteiger partial charge in [0.1, 0.15) is 6.10 Å². The third-order valence-electron chi connectivity index (χ3n) is 3.29. The molecular weight excluding hydrogens is 262 g/mol. The Hall–Kier alpha value is -1.92. The highest BCUT2D eigenvalue weighted by Gasteiger charge is 2.35. The van der Waals surface area contributed by atoms with Crippen LogP contribution in [0, 0.1) is 0 Å². The van der Waals surface area contributed by atoms with Crippen LogP contribution in [-0.4, -0.2) is 40.9 Å². The molecular formula is C14H17NO5. The Kier molecular flexibility index (Phi) is 4.70. The van der Waals surface area contributed by atoms with E-state index in [0.29, 0.717) is 12.8 Å². The summed E-state index contributed by atoms with van der Waals surface area (Å²) in [5.41, 5.74) is 0.788. The summed E-state index contributed by atoms with van der Waals surface area (Å²) < 4.78 is 5.17. The Morgan fingerprint density at radius 2 is 1.90 bits per heavy atom. The first-order valence-electron chi connectivity index (χ1n) is 6.46. The molecule has 0 spiro atoms. The SMILES string of the molecule is O=C(O)C1CCC(C(=O)N[C@@H](CO)c2ccccc2)O1. The van der Waals surface area contributed by atoms with Crippen molar-refractivity contribution in [2.45, 2.75) is 31.1 Å². The van der Waals surface area contributed by atoms with Crippen LogP contribution in [-0.2, 0) is 14.3 Å². The molecule has 0 aromatic heterocycles. The number of benzene rings is 1. The average Bonchev–Trinajstić information content (AvgIpc) is 2.95. The molecule has 1 aliphatic heterocycles. The zero-order valence-corrected chi connectivity index (χ0v) is 10.9. The number of amides is 1. The first-order valence-corrected chi connectivity index (χ1v) is 6.46. The van der Waals surface area contributed by atoms with Crippen molar-refractivity contribution < 1.29 is 24.5 Å². The summed E-state index contributed by atoms with van der Waals surface area (Å²) >= 11 is 0. The summed E-state index contributed by atoms with van der Waals surface area (Å²) in [6.07, 6.45) is -0.998. The fourth-order valence-corrected chi connectivity index (χ4v) is 2.20. The van der Waals surface area contributed by atoms with Gasteiger partial charge in [-0.15, -0.1) is 0 Å². The maximum Gasteiger partial charge on any atom is 0.332 e. The molecule has 3 atom stereocenters. The summed E-state index contributed by atoms with van der Waals surface area (Å²) in [6.45, 7) is -0.231. The molecule has 6 heteroatoms. The van der Waals surface area contributed by atoms with Crippen LogP contribution in [0.3, 0.4) is 0 Å². The van der Waals surface area contributed by atoms with Crippen LogP contribution in [0.4, 0.5) is 0 Å². The number of aliphatic hydroxyl groups is 1. The summed E-state index contributed by atoms with van der Waals surface area (Å²) in [5.74, 6) is -1.45. The topological polar surface area (TPSA) is 95.9 Å². The molecule has 2 unspecified atom stereocenters. The van der Waals surface area contributed by atoms with Gasteiger partial charge in [-0.2, -0.15) is 0 Å². The van der Waals surface area contributed by atoms with Crippen molar-refractivity contribution in [2.75, 3.05) is 6.61 Å². The van der Waals surface area contributed by atoms with Crippen molar-refractivity contribution in [3.8, 4) is 0 Å². The van der Waals surface area contributed by atoms with Gasteiger partial charge in [0.05, 0.1) is 12.6 Å². The van der Waals surface area contributed by atoms with Crippen LogP contribution in [0.2, 0.25) is 0 Å². The van der Waals surface area contributed by atoms with E-state index >= 15 is 0 Å². The van der Waals surface area contributed by atoms with Crippen molar-refractivity contribution in [3.05, 3.63) is 35.9 Å². The number of carbonyl (C=O) groups excluding carboxylic acids is 1. The van der Waals surface area contributed by atoms with Gasteiger partial charge < -0.3 is 20.3 Å². The minimum Gasteiger partial charge on any atom is -0.479 e. The van der Waals surface area contributed by atoms with Gasteiger partial charge in [0.2, 0.25) is 5.91 Å². The average molecular weight is 279 g/mol. The molecule has 108 valence electrons. The zero-order chi connectivity index (χ0) is 14.5. The summed E-state index contributed by atoms with van der Waals surface area (Å²) in [5, 5.41) is 20.9. The maximum absolute atomic E-state index is 12.0.